The number of benzene rings is 1. The standard InChI is InChI=1S/C23H20F3N5/c24-23(25,26)18-5-3-16(4-6-18)21-17(12-29-30-21)14-31-10-7-15(8-11-31)20-13-28-22-19(20)2-1-9-27-22/h1-7,9,12-13H,8,10-11,14H2,(H,27,28)(H,29,30). The highest BCUT2D eigenvalue weighted by molar-refractivity contribution is 5.90. The second-order valence-corrected chi connectivity index (χ2v) is 7.66. The normalized spacial score (nSPS) is 15.4. The molecule has 4 heterocycles. The molecule has 1 aromatic carbocycles. The molecule has 0 spiro atoms. The van der Waals surface area contributed by atoms with Crippen molar-refractivity contribution in [3.05, 3.63) is 77.8 Å². The third-order valence-electron chi connectivity index (χ3n) is 5.70. The number of alkyl halides is 3. The number of nitrogens with one attached hydrogen (secondary N) is 2. The quantitative estimate of drug-likeness (QED) is 0.471. The van der Waals surface area contributed by atoms with Crippen LogP contribution in [0.3, 0.4) is 0 Å². The summed E-state index contributed by atoms with van der Waals surface area (Å²) in [5.41, 5.74) is 5.14. The molecule has 0 bridgehead atoms. The molecule has 1 aliphatic heterocycles. The largest absolute Gasteiger partial charge is 0.416 e. The minimum atomic E-state index is -4.34. The molecular weight excluding hydrogens is 403 g/mol. The molecule has 3 aromatic heterocycles. The van der Waals surface area contributed by atoms with Crippen molar-refractivity contribution in [1.29, 1.82) is 0 Å². The molecule has 2 N–H and O–H groups in total. The lowest BCUT2D eigenvalue weighted by atomic mass is 9.99. The molecule has 0 atom stereocenters. The van der Waals surface area contributed by atoms with Crippen LogP contribution >= 0.6 is 0 Å². The Kier molecular flexibility index (Phi) is 4.86. The van der Waals surface area contributed by atoms with E-state index in [4.69, 9.17) is 0 Å². The number of halogens is 3. The number of rotatable bonds is 4. The van der Waals surface area contributed by atoms with Gasteiger partial charge in [0.25, 0.3) is 0 Å². The number of aromatic nitrogens is 4. The summed E-state index contributed by atoms with van der Waals surface area (Å²) >= 11 is 0. The fourth-order valence-electron chi connectivity index (χ4n) is 4.07. The van der Waals surface area contributed by atoms with Gasteiger partial charge >= 0.3 is 6.18 Å². The molecule has 5 nitrogen and oxygen atoms in total. The van der Waals surface area contributed by atoms with Crippen molar-refractivity contribution in [3.63, 3.8) is 0 Å². The van der Waals surface area contributed by atoms with Crippen LogP contribution in [0.1, 0.15) is 23.1 Å². The van der Waals surface area contributed by atoms with Gasteiger partial charge in [-0.1, -0.05) is 18.2 Å². The summed E-state index contributed by atoms with van der Waals surface area (Å²) < 4.78 is 38.5. The summed E-state index contributed by atoms with van der Waals surface area (Å²) in [6.07, 6.45) is 4.34. The predicted molar refractivity (Wildman–Crippen MR) is 113 cm³/mol. The van der Waals surface area contributed by atoms with Crippen molar-refractivity contribution in [2.45, 2.75) is 19.1 Å². The van der Waals surface area contributed by atoms with Gasteiger partial charge in [0.2, 0.25) is 0 Å². The highest BCUT2D eigenvalue weighted by atomic mass is 19.4. The number of hydrogen-bond acceptors (Lipinski definition) is 3. The molecule has 5 rings (SSSR count). The molecule has 0 unspecified atom stereocenters. The summed E-state index contributed by atoms with van der Waals surface area (Å²) in [5, 5.41) is 8.19. The average molecular weight is 423 g/mol. The van der Waals surface area contributed by atoms with Crippen molar-refractivity contribution < 1.29 is 13.2 Å². The van der Waals surface area contributed by atoms with E-state index in [1.165, 1.54) is 23.3 Å². The summed E-state index contributed by atoms with van der Waals surface area (Å²) in [5.74, 6) is 0. The Hall–Kier alpha value is -3.39. The smallest absolute Gasteiger partial charge is 0.346 e. The van der Waals surface area contributed by atoms with Crippen LogP contribution in [0.15, 0.2) is 61.1 Å². The van der Waals surface area contributed by atoms with Gasteiger partial charge in [0.1, 0.15) is 5.65 Å². The van der Waals surface area contributed by atoms with Gasteiger partial charge in [-0.05, 0) is 41.8 Å². The van der Waals surface area contributed by atoms with Crippen LogP contribution in [-0.2, 0) is 12.7 Å². The van der Waals surface area contributed by atoms with E-state index in [0.29, 0.717) is 12.1 Å². The zero-order valence-corrected chi connectivity index (χ0v) is 16.6. The van der Waals surface area contributed by atoms with Gasteiger partial charge in [0.05, 0.1) is 17.5 Å². The Balaban J connectivity index is 1.31. The van der Waals surface area contributed by atoms with Crippen LogP contribution in [0.2, 0.25) is 0 Å². The van der Waals surface area contributed by atoms with Crippen molar-refractivity contribution in [1.82, 2.24) is 25.1 Å². The Bertz CT molecular complexity index is 1230. The SMILES string of the molecule is FC(F)(F)c1ccc(-c2[nH]ncc2CN2CC=C(c3c[nH]c4ncccc34)CC2)cc1. The van der Waals surface area contributed by atoms with E-state index in [-0.39, 0.29) is 0 Å². The molecule has 31 heavy (non-hydrogen) atoms. The fourth-order valence-corrected chi connectivity index (χ4v) is 4.07. The molecule has 0 saturated carbocycles. The third kappa shape index (κ3) is 3.86. The van der Waals surface area contributed by atoms with Crippen LogP contribution in [0, 0.1) is 0 Å². The Morgan fingerprint density at radius 2 is 1.94 bits per heavy atom. The molecule has 8 heteroatoms. The Morgan fingerprint density at radius 1 is 1.10 bits per heavy atom. The maximum Gasteiger partial charge on any atom is 0.416 e. The van der Waals surface area contributed by atoms with Gasteiger partial charge in [-0.25, -0.2) is 4.98 Å². The zero-order valence-electron chi connectivity index (χ0n) is 16.6. The molecule has 4 aromatic rings. The van der Waals surface area contributed by atoms with Crippen molar-refractivity contribution in [2.24, 2.45) is 0 Å². The molecule has 1 aliphatic rings. The monoisotopic (exact) mass is 423 g/mol. The number of H-pyrrole nitrogens is 2. The lowest BCUT2D eigenvalue weighted by Gasteiger charge is -2.26. The van der Waals surface area contributed by atoms with Crippen molar-refractivity contribution in [2.75, 3.05) is 13.1 Å². The van der Waals surface area contributed by atoms with Gasteiger partial charge in [-0.3, -0.25) is 10.00 Å². The Morgan fingerprint density at radius 3 is 2.68 bits per heavy atom. The van der Waals surface area contributed by atoms with E-state index in [2.05, 4.69) is 37.2 Å². The van der Waals surface area contributed by atoms with E-state index in [1.54, 1.807) is 12.4 Å². The average Bonchev–Trinajstić information content (AvgIpc) is 3.41. The van der Waals surface area contributed by atoms with Gasteiger partial charge in [-0.15, -0.1) is 0 Å². The maximum absolute atomic E-state index is 12.8. The number of aromatic amines is 2. The molecule has 0 amide bonds. The van der Waals surface area contributed by atoms with Gasteiger partial charge in [0.15, 0.2) is 0 Å². The van der Waals surface area contributed by atoms with Crippen molar-refractivity contribution in [3.8, 4) is 11.3 Å². The Labute approximate surface area is 176 Å². The number of hydrogen-bond donors (Lipinski definition) is 2. The highest BCUT2D eigenvalue weighted by Crippen LogP contribution is 2.32. The molecule has 0 aliphatic carbocycles. The highest BCUT2D eigenvalue weighted by Gasteiger charge is 2.30. The summed E-state index contributed by atoms with van der Waals surface area (Å²) in [6, 6.07) is 9.19. The van der Waals surface area contributed by atoms with E-state index in [9.17, 15) is 13.2 Å². The molecular formula is C23H20F3N5. The first-order chi connectivity index (χ1) is 15.0. The summed E-state index contributed by atoms with van der Waals surface area (Å²) in [6.45, 7) is 2.35. The first-order valence-electron chi connectivity index (χ1n) is 10.0. The van der Waals surface area contributed by atoms with Crippen LogP contribution in [0.25, 0.3) is 27.9 Å². The van der Waals surface area contributed by atoms with Crippen molar-refractivity contribution >= 4 is 16.6 Å². The number of nitrogens with zero attached hydrogens (tertiary/aromatic N) is 3. The maximum atomic E-state index is 12.8. The fraction of sp³-hybridized carbons (Fsp3) is 0.217. The van der Waals surface area contributed by atoms with Gasteiger partial charge in [0, 0.05) is 48.5 Å². The summed E-state index contributed by atoms with van der Waals surface area (Å²) in [7, 11) is 0. The molecule has 0 fully saturated rings. The van der Waals surface area contributed by atoms with E-state index in [1.807, 2.05) is 12.3 Å². The van der Waals surface area contributed by atoms with Crippen LogP contribution < -0.4 is 0 Å². The summed E-state index contributed by atoms with van der Waals surface area (Å²) in [4.78, 5) is 9.88. The molecule has 158 valence electrons. The van der Waals surface area contributed by atoms with E-state index in [0.717, 1.165) is 53.9 Å². The van der Waals surface area contributed by atoms with Gasteiger partial charge in [-0.2, -0.15) is 18.3 Å². The second kappa shape index (κ2) is 7.70. The third-order valence-corrected chi connectivity index (χ3v) is 5.70. The minimum absolute atomic E-state index is 0.654. The van der Waals surface area contributed by atoms with Crippen LogP contribution in [0.5, 0.6) is 0 Å². The number of fused-ring (bicyclic) bond motifs is 1. The van der Waals surface area contributed by atoms with E-state index < -0.39 is 11.7 Å². The number of pyridine rings is 1. The van der Waals surface area contributed by atoms with Crippen LogP contribution in [0.4, 0.5) is 13.2 Å². The lowest BCUT2D eigenvalue weighted by molar-refractivity contribution is -0.137. The lowest BCUT2D eigenvalue weighted by Crippen LogP contribution is -2.28. The first kappa shape index (κ1) is 19.6. The first-order valence-corrected chi connectivity index (χ1v) is 10.0. The minimum Gasteiger partial charge on any atom is -0.346 e. The molecule has 0 radical (unpaired) electrons. The zero-order chi connectivity index (χ0) is 21.4. The second-order valence-electron chi connectivity index (χ2n) is 7.66. The predicted octanol–water partition coefficient (Wildman–Crippen LogP) is 5.26. The van der Waals surface area contributed by atoms with Crippen LogP contribution in [-0.4, -0.2) is 38.2 Å². The van der Waals surface area contributed by atoms with E-state index >= 15 is 0 Å². The van der Waals surface area contributed by atoms with Gasteiger partial charge < -0.3 is 4.98 Å². The molecule has 0 saturated heterocycles. The topological polar surface area (TPSA) is 60.6 Å².